The zero-order chi connectivity index (χ0) is 25.5. The number of unbranched alkanes of at least 4 members (excludes halogenated alkanes) is 3. The van der Waals surface area contributed by atoms with Gasteiger partial charge in [-0.15, -0.1) is 0 Å². The minimum Gasteiger partial charge on any atom is -0.496 e. The molecule has 5 aromatic carbocycles. The highest BCUT2D eigenvalue weighted by atomic mass is 79.9. The Hall–Kier alpha value is -2.89. The van der Waals surface area contributed by atoms with Crippen LogP contribution in [0.2, 0.25) is 0 Å². The Balaban J connectivity index is 1.74. The van der Waals surface area contributed by atoms with Gasteiger partial charge in [-0.25, -0.2) is 4.98 Å². The fraction of sp³-hybridized carbons (Fsp3) is 0.219. The minimum absolute atomic E-state index is 0.883. The molecular formula is C32H28Br2N2O. The summed E-state index contributed by atoms with van der Waals surface area (Å²) < 4.78 is 10.3. The van der Waals surface area contributed by atoms with E-state index in [0.29, 0.717) is 0 Å². The lowest BCUT2D eigenvalue weighted by Crippen LogP contribution is -2.02. The van der Waals surface area contributed by atoms with Crippen molar-refractivity contribution < 1.29 is 4.74 Å². The minimum atomic E-state index is 0.883. The van der Waals surface area contributed by atoms with E-state index in [4.69, 9.17) is 9.72 Å². The first-order chi connectivity index (χ1) is 18.1. The molecule has 1 heterocycles. The van der Waals surface area contributed by atoms with Crippen LogP contribution in [0.4, 0.5) is 0 Å². The van der Waals surface area contributed by atoms with Crippen LogP contribution in [-0.4, -0.2) is 16.7 Å². The second-order valence-electron chi connectivity index (χ2n) is 9.59. The van der Waals surface area contributed by atoms with Crippen molar-refractivity contribution in [2.24, 2.45) is 0 Å². The van der Waals surface area contributed by atoms with Crippen LogP contribution in [0.15, 0.2) is 81.7 Å². The van der Waals surface area contributed by atoms with Crippen molar-refractivity contribution in [3.63, 3.8) is 0 Å². The summed E-state index contributed by atoms with van der Waals surface area (Å²) in [4.78, 5) is 5.42. The molecule has 0 amide bonds. The maximum atomic E-state index is 5.70. The third-order valence-corrected chi connectivity index (χ3v) is 8.30. The molecule has 0 spiro atoms. The largest absolute Gasteiger partial charge is 0.496 e. The fourth-order valence-electron chi connectivity index (χ4n) is 5.57. The van der Waals surface area contributed by atoms with Crippen molar-refractivity contribution in [3.8, 4) is 17.1 Å². The normalized spacial score (nSPS) is 11.8. The first-order valence-electron chi connectivity index (χ1n) is 12.9. The molecule has 0 N–H and O–H groups in total. The van der Waals surface area contributed by atoms with Crippen LogP contribution in [-0.2, 0) is 6.54 Å². The van der Waals surface area contributed by atoms with Gasteiger partial charge in [0.05, 0.1) is 18.1 Å². The number of ether oxygens (including phenoxy) is 1. The van der Waals surface area contributed by atoms with E-state index in [-0.39, 0.29) is 0 Å². The average Bonchev–Trinajstić information content (AvgIpc) is 3.30. The van der Waals surface area contributed by atoms with Gasteiger partial charge in [0.1, 0.15) is 11.6 Å². The summed E-state index contributed by atoms with van der Waals surface area (Å²) in [5.74, 6) is 1.90. The Bertz CT molecular complexity index is 1790. The molecular weight excluding hydrogens is 588 g/mol. The predicted molar refractivity (Wildman–Crippen MR) is 164 cm³/mol. The van der Waals surface area contributed by atoms with Gasteiger partial charge < -0.3 is 9.30 Å². The standard InChI is InChI=1S/C32H28Br2N2O/c1-3-4-5-8-17-36-31-28-19-21(34)12-14-24(28)23-13-11-20(33)18-27(23)30(31)35-32(36)26-15-16-29(37-2)25-10-7-6-9-22(25)26/h6-7,9-16,18-19H,3-5,8,17H2,1-2H3. The van der Waals surface area contributed by atoms with Crippen LogP contribution < -0.4 is 4.74 Å². The van der Waals surface area contributed by atoms with Crippen molar-refractivity contribution in [2.75, 3.05) is 7.11 Å². The van der Waals surface area contributed by atoms with E-state index < -0.39 is 0 Å². The van der Waals surface area contributed by atoms with Crippen molar-refractivity contribution in [2.45, 2.75) is 39.2 Å². The van der Waals surface area contributed by atoms with Crippen molar-refractivity contribution in [1.82, 2.24) is 9.55 Å². The molecule has 186 valence electrons. The maximum Gasteiger partial charge on any atom is 0.141 e. The lowest BCUT2D eigenvalue weighted by molar-refractivity contribution is 0.420. The Morgan fingerprint density at radius 2 is 1.43 bits per heavy atom. The highest BCUT2D eigenvalue weighted by Crippen LogP contribution is 2.41. The zero-order valence-corrected chi connectivity index (χ0v) is 24.2. The number of methoxy groups -OCH3 is 1. The highest BCUT2D eigenvalue weighted by molar-refractivity contribution is 9.10. The molecule has 6 aromatic rings. The average molecular weight is 616 g/mol. The lowest BCUT2D eigenvalue weighted by atomic mass is 10.00. The van der Waals surface area contributed by atoms with E-state index in [0.717, 1.165) is 55.3 Å². The Morgan fingerprint density at radius 1 is 0.730 bits per heavy atom. The molecule has 0 unspecified atom stereocenters. The fourth-order valence-corrected chi connectivity index (χ4v) is 6.29. The molecule has 0 bridgehead atoms. The maximum absolute atomic E-state index is 5.70. The van der Waals surface area contributed by atoms with Crippen molar-refractivity contribution >= 4 is 75.2 Å². The van der Waals surface area contributed by atoms with Crippen LogP contribution in [0.1, 0.15) is 32.6 Å². The molecule has 0 saturated heterocycles. The number of aryl methyl sites for hydroxylation is 1. The van der Waals surface area contributed by atoms with Gasteiger partial charge in [-0.1, -0.05) is 94.4 Å². The van der Waals surface area contributed by atoms with E-state index in [1.165, 1.54) is 46.3 Å². The molecule has 3 nitrogen and oxygen atoms in total. The van der Waals surface area contributed by atoms with Gasteiger partial charge in [0.25, 0.3) is 0 Å². The molecule has 5 heteroatoms. The molecule has 0 aliphatic rings. The number of halogens is 2. The van der Waals surface area contributed by atoms with Gasteiger partial charge in [0.2, 0.25) is 0 Å². The third kappa shape index (κ3) is 4.22. The summed E-state index contributed by atoms with van der Waals surface area (Å²) >= 11 is 7.46. The van der Waals surface area contributed by atoms with Crippen LogP contribution in [0.5, 0.6) is 5.75 Å². The van der Waals surface area contributed by atoms with E-state index >= 15 is 0 Å². The number of rotatable bonds is 7. The number of imidazole rings is 1. The van der Waals surface area contributed by atoms with Crippen LogP contribution in [0, 0.1) is 0 Å². The highest BCUT2D eigenvalue weighted by Gasteiger charge is 2.21. The summed E-state index contributed by atoms with van der Waals surface area (Å²) in [5.41, 5.74) is 3.38. The number of hydrogen-bond donors (Lipinski definition) is 0. The summed E-state index contributed by atoms with van der Waals surface area (Å²) in [5, 5.41) is 7.13. The smallest absolute Gasteiger partial charge is 0.141 e. The second-order valence-corrected chi connectivity index (χ2v) is 11.4. The van der Waals surface area contributed by atoms with E-state index in [1.807, 2.05) is 0 Å². The van der Waals surface area contributed by atoms with E-state index in [9.17, 15) is 0 Å². The number of hydrogen-bond acceptors (Lipinski definition) is 2. The van der Waals surface area contributed by atoms with Gasteiger partial charge in [-0.3, -0.25) is 0 Å². The van der Waals surface area contributed by atoms with Crippen LogP contribution in [0.3, 0.4) is 0 Å². The van der Waals surface area contributed by atoms with Gasteiger partial charge in [-0.2, -0.15) is 0 Å². The summed E-state index contributed by atoms with van der Waals surface area (Å²) in [6.07, 6.45) is 4.79. The SMILES string of the molecule is CCCCCCn1c(-c2ccc(OC)c3ccccc23)nc2c3cc(Br)ccc3c3ccc(Br)cc3c21. The van der Waals surface area contributed by atoms with Gasteiger partial charge in [-0.05, 0) is 59.0 Å². The topological polar surface area (TPSA) is 27.1 Å². The number of benzene rings is 5. The first kappa shape index (κ1) is 24.4. The molecule has 0 fully saturated rings. The molecule has 0 aliphatic carbocycles. The number of nitrogens with zero attached hydrogens (tertiary/aromatic N) is 2. The molecule has 0 radical (unpaired) electrons. The van der Waals surface area contributed by atoms with Crippen molar-refractivity contribution in [1.29, 1.82) is 0 Å². The first-order valence-corrected chi connectivity index (χ1v) is 14.5. The van der Waals surface area contributed by atoms with Crippen LogP contribution >= 0.6 is 31.9 Å². The second kappa shape index (κ2) is 10.1. The quantitative estimate of drug-likeness (QED) is 0.132. The summed E-state index contributed by atoms with van der Waals surface area (Å²) in [7, 11) is 1.73. The zero-order valence-electron chi connectivity index (χ0n) is 21.0. The number of fused-ring (bicyclic) bond motifs is 7. The van der Waals surface area contributed by atoms with Gasteiger partial charge in [0, 0.05) is 37.2 Å². The van der Waals surface area contributed by atoms with Gasteiger partial charge in [0.15, 0.2) is 0 Å². The van der Waals surface area contributed by atoms with E-state index in [1.54, 1.807) is 7.11 Å². The van der Waals surface area contributed by atoms with Crippen LogP contribution in [0.25, 0.3) is 54.7 Å². The number of aromatic nitrogens is 2. The molecule has 1 aromatic heterocycles. The molecule has 0 saturated carbocycles. The van der Waals surface area contributed by atoms with Gasteiger partial charge >= 0.3 is 0 Å². The molecule has 37 heavy (non-hydrogen) atoms. The Morgan fingerprint density at radius 3 is 2.16 bits per heavy atom. The van der Waals surface area contributed by atoms with E-state index in [2.05, 4.69) is 116 Å². The lowest BCUT2D eigenvalue weighted by Gasteiger charge is -2.14. The Kier molecular flexibility index (Phi) is 6.68. The monoisotopic (exact) mass is 614 g/mol. The summed E-state index contributed by atoms with van der Waals surface area (Å²) in [6.45, 7) is 3.18. The molecule has 0 aliphatic heterocycles. The molecule has 6 rings (SSSR count). The Labute approximate surface area is 233 Å². The summed E-state index contributed by atoms with van der Waals surface area (Å²) in [6, 6.07) is 25.9. The molecule has 0 atom stereocenters. The third-order valence-electron chi connectivity index (χ3n) is 7.31. The predicted octanol–water partition coefficient (Wildman–Crippen LogP) is 10.3. The van der Waals surface area contributed by atoms with Crippen molar-refractivity contribution in [3.05, 3.63) is 81.7 Å².